The molecule has 1 N–H and O–H groups in total. The maximum atomic E-state index is 13.5. The van der Waals surface area contributed by atoms with Gasteiger partial charge >= 0.3 is 0 Å². The van der Waals surface area contributed by atoms with E-state index in [-0.39, 0.29) is 38.1 Å². The maximum Gasteiger partial charge on any atom is 0.262 e. The number of aromatic nitrogens is 2. The van der Waals surface area contributed by atoms with E-state index in [9.17, 15) is 18.7 Å². The van der Waals surface area contributed by atoms with Crippen molar-refractivity contribution < 1.29 is 18.7 Å². The summed E-state index contributed by atoms with van der Waals surface area (Å²) < 4.78 is 28.5. The van der Waals surface area contributed by atoms with Crippen LogP contribution in [0.1, 0.15) is 12.0 Å². The summed E-state index contributed by atoms with van der Waals surface area (Å²) in [5.74, 6) is -2.81. The van der Waals surface area contributed by atoms with Gasteiger partial charge in [-0.05, 0) is 12.5 Å². The molecule has 2 saturated heterocycles. The minimum atomic E-state index is -2.75. The zero-order valence-corrected chi connectivity index (χ0v) is 12.5. The van der Waals surface area contributed by atoms with E-state index in [4.69, 9.17) is 0 Å². The third-order valence-corrected chi connectivity index (χ3v) is 4.37. The van der Waals surface area contributed by atoms with Gasteiger partial charge in [0, 0.05) is 37.8 Å². The molecule has 2 aliphatic rings. The van der Waals surface area contributed by atoms with E-state index < -0.39 is 12.0 Å². The first-order valence-electron chi connectivity index (χ1n) is 7.39. The normalized spacial score (nSPS) is 25.5. The number of hydrogen-bond acceptors (Lipinski definition) is 4. The van der Waals surface area contributed by atoms with E-state index in [1.54, 1.807) is 26.9 Å². The number of carbonyl (C=O) groups excluding carboxylic acids is 1. The molecule has 0 radical (unpaired) electrons. The molecule has 3 heterocycles. The molecule has 1 atom stereocenters. The first-order chi connectivity index (χ1) is 10.4. The Labute approximate surface area is 127 Å². The smallest absolute Gasteiger partial charge is 0.262 e. The van der Waals surface area contributed by atoms with Crippen molar-refractivity contribution in [3.05, 3.63) is 18.0 Å². The predicted molar refractivity (Wildman–Crippen MR) is 74.5 cm³/mol. The van der Waals surface area contributed by atoms with Crippen LogP contribution in [-0.2, 0) is 11.3 Å². The van der Waals surface area contributed by atoms with Gasteiger partial charge in [-0.25, -0.2) is 8.78 Å². The van der Waals surface area contributed by atoms with Crippen LogP contribution in [0.5, 0.6) is 0 Å². The molecule has 1 aromatic rings. The summed E-state index contributed by atoms with van der Waals surface area (Å²) in [6.45, 7) is 2.34. The van der Waals surface area contributed by atoms with Gasteiger partial charge in [-0.3, -0.25) is 14.4 Å². The van der Waals surface area contributed by atoms with Gasteiger partial charge in [-0.2, -0.15) is 5.10 Å². The summed E-state index contributed by atoms with van der Waals surface area (Å²) in [6.07, 6.45) is 3.17. The lowest BCUT2D eigenvalue weighted by molar-refractivity contribution is -0.140. The lowest BCUT2D eigenvalue weighted by Gasteiger charge is -2.45. The van der Waals surface area contributed by atoms with Gasteiger partial charge in [-0.1, -0.05) is 0 Å². The van der Waals surface area contributed by atoms with Crippen LogP contribution >= 0.6 is 0 Å². The van der Waals surface area contributed by atoms with Crippen molar-refractivity contribution in [1.29, 1.82) is 0 Å². The topological polar surface area (TPSA) is 61.6 Å². The molecule has 1 amide bonds. The van der Waals surface area contributed by atoms with E-state index in [2.05, 4.69) is 5.10 Å². The van der Waals surface area contributed by atoms with E-state index >= 15 is 0 Å². The van der Waals surface area contributed by atoms with Crippen molar-refractivity contribution in [3.8, 4) is 0 Å². The fourth-order valence-corrected chi connectivity index (χ4v) is 3.18. The third kappa shape index (κ3) is 2.98. The number of aliphatic hydroxyl groups excluding tert-OH is 1. The van der Waals surface area contributed by atoms with Crippen LogP contribution in [0, 0.1) is 6.92 Å². The molecule has 8 heteroatoms. The van der Waals surface area contributed by atoms with Crippen LogP contribution < -0.4 is 0 Å². The lowest BCUT2D eigenvalue weighted by atomic mass is 10.1. The number of nitrogens with zero attached hydrogens (tertiary/aromatic N) is 4. The summed E-state index contributed by atoms with van der Waals surface area (Å²) in [7, 11) is 0. The molecule has 0 unspecified atom stereocenters. The van der Waals surface area contributed by atoms with Crippen molar-refractivity contribution in [3.63, 3.8) is 0 Å². The Morgan fingerprint density at radius 1 is 1.50 bits per heavy atom. The zero-order chi connectivity index (χ0) is 15.9. The number of aryl methyl sites for hydroxylation is 1. The monoisotopic (exact) mass is 314 g/mol. The average molecular weight is 314 g/mol. The molecule has 0 aromatic carbocycles. The summed E-state index contributed by atoms with van der Waals surface area (Å²) in [5, 5.41) is 13.3. The highest BCUT2D eigenvalue weighted by atomic mass is 19.3. The number of rotatable bonds is 4. The molecule has 0 bridgehead atoms. The summed E-state index contributed by atoms with van der Waals surface area (Å²) >= 11 is 0. The van der Waals surface area contributed by atoms with E-state index in [0.29, 0.717) is 13.1 Å². The number of likely N-dealkylation sites (tertiary alicyclic amines) is 2. The lowest BCUT2D eigenvalue weighted by Crippen LogP contribution is -2.63. The standard InChI is InChI=1S/C14H20F2N4O2/c1-10-3-17-19(4-10)7-13(22)18-5-12(6-18)20-9-14(15,16)2-11(20)8-21/h3-4,11-12,21H,2,5-9H2,1H3/t11-/m0/s1. The Hall–Kier alpha value is -1.54. The molecule has 122 valence electrons. The molecule has 0 saturated carbocycles. The van der Waals surface area contributed by atoms with Crippen LogP contribution in [0.2, 0.25) is 0 Å². The second-order valence-corrected chi connectivity index (χ2v) is 6.24. The molecule has 1 aromatic heterocycles. The second-order valence-electron chi connectivity index (χ2n) is 6.24. The number of carbonyl (C=O) groups is 1. The quantitative estimate of drug-likeness (QED) is 0.856. The zero-order valence-electron chi connectivity index (χ0n) is 12.5. The Morgan fingerprint density at radius 2 is 2.23 bits per heavy atom. The minimum Gasteiger partial charge on any atom is -0.395 e. The third-order valence-electron chi connectivity index (χ3n) is 4.37. The van der Waals surface area contributed by atoms with Crippen LogP contribution in [0.15, 0.2) is 12.4 Å². The Kier molecular flexibility index (Phi) is 3.90. The highest BCUT2D eigenvalue weighted by Crippen LogP contribution is 2.35. The van der Waals surface area contributed by atoms with Crippen molar-refractivity contribution >= 4 is 5.91 Å². The Balaban J connectivity index is 1.52. The van der Waals surface area contributed by atoms with Gasteiger partial charge in [0.25, 0.3) is 5.92 Å². The molecule has 2 fully saturated rings. The highest BCUT2D eigenvalue weighted by molar-refractivity contribution is 5.76. The van der Waals surface area contributed by atoms with E-state index in [1.807, 2.05) is 6.92 Å². The molecular weight excluding hydrogens is 294 g/mol. The fourth-order valence-electron chi connectivity index (χ4n) is 3.18. The Bertz CT molecular complexity index is 557. The van der Waals surface area contributed by atoms with Crippen LogP contribution in [0.4, 0.5) is 8.78 Å². The fraction of sp³-hybridized carbons (Fsp3) is 0.714. The highest BCUT2D eigenvalue weighted by Gasteiger charge is 2.49. The van der Waals surface area contributed by atoms with Gasteiger partial charge in [0.1, 0.15) is 6.54 Å². The van der Waals surface area contributed by atoms with E-state index in [0.717, 1.165) is 5.56 Å². The molecule has 2 aliphatic heterocycles. The summed E-state index contributed by atoms with van der Waals surface area (Å²) in [5.41, 5.74) is 0.986. The minimum absolute atomic E-state index is 0.0640. The molecule has 22 heavy (non-hydrogen) atoms. The van der Waals surface area contributed by atoms with Crippen LogP contribution in [0.25, 0.3) is 0 Å². The second kappa shape index (κ2) is 5.58. The number of amides is 1. The maximum absolute atomic E-state index is 13.5. The van der Waals surface area contributed by atoms with Gasteiger partial charge in [0.2, 0.25) is 5.91 Å². The number of halogens is 2. The Morgan fingerprint density at radius 3 is 2.82 bits per heavy atom. The van der Waals surface area contributed by atoms with Gasteiger partial charge in [0.05, 0.1) is 19.3 Å². The predicted octanol–water partition coefficient (Wildman–Crippen LogP) is 0.104. The summed E-state index contributed by atoms with van der Waals surface area (Å²) in [4.78, 5) is 15.4. The number of aliphatic hydroxyl groups is 1. The van der Waals surface area contributed by atoms with E-state index in [1.165, 1.54) is 0 Å². The van der Waals surface area contributed by atoms with Gasteiger partial charge < -0.3 is 10.0 Å². The first-order valence-corrected chi connectivity index (χ1v) is 7.39. The van der Waals surface area contributed by atoms with Crippen molar-refractivity contribution in [2.45, 2.75) is 37.9 Å². The van der Waals surface area contributed by atoms with Crippen molar-refractivity contribution in [1.82, 2.24) is 19.6 Å². The van der Waals surface area contributed by atoms with Crippen LogP contribution in [-0.4, -0.2) is 74.8 Å². The van der Waals surface area contributed by atoms with Crippen molar-refractivity contribution in [2.75, 3.05) is 26.2 Å². The average Bonchev–Trinajstić information content (AvgIpc) is 2.91. The largest absolute Gasteiger partial charge is 0.395 e. The first kappa shape index (κ1) is 15.4. The van der Waals surface area contributed by atoms with Crippen molar-refractivity contribution in [2.24, 2.45) is 0 Å². The number of hydrogen-bond donors (Lipinski definition) is 1. The molecular formula is C14H20F2N4O2. The van der Waals surface area contributed by atoms with Gasteiger partial charge in [-0.15, -0.1) is 0 Å². The number of alkyl halides is 2. The molecule has 6 nitrogen and oxygen atoms in total. The SMILES string of the molecule is Cc1cnn(CC(=O)N2CC(N3CC(F)(F)C[C@H]3CO)C2)c1. The summed E-state index contributed by atoms with van der Waals surface area (Å²) in [6, 6.07) is -0.597. The van der Waals surface area contributed by atoms with Gasteiger partial charge in [0.15, 0.2) is 0 Å². The molecule has 0 spiro atoms. The molecule has 0 aliphatic carbocycles. The molecule has 3 rings (SSSR count). The van der Waals surface area contributed by atoms with Crippen LogP contribution in [0.3, 0.4) is 0 Å².